The average molecular weight is 224 g/mol. The maximum absolute atomic E-state index is 5.29. The van der Waals surface area contributed by atoms with Gasteiger partial charge in [-0.3, -0.25) is 9.67 Å². The van der Waals surface area contributed by atoms with E-state index in [9.17, 15) is 0 Å². The second kappa shape index (κ2) is 5.62. The van der Waals surface area contributed by atoms with Crippen LogP contribution in [0.4, 0.5) is 5.69 Å². The van der Waals surface area contributed by atoms with Crippen LogP contribution in [0.15, 0.2) is 17.4 Å². The molecular formula is C10H16N4O2. The molecule has 2 rings (SSSR count). The molecule has 1 N–H and O–H groups in total. The highest BCUT2D eigenvalue weighted by atomic mass is 16.5. The van der Waals surface area contributed by atoms with Crippen molar-refractivity contribution in [1.29, 1.82) is 0 Å². The summed E-state index contributed by atoms with van der Waals surface area (Å²) in [6, 6.07) is 0. The van der Waals surface area contributed by atoms with Crippen LogP contribution in [0.5, 0.6) is 0 Å². The standard InChI is InChI=1S/C10H16N4O2/c1-15-5-3-14-7-9(6-12-14)13-10-8-16-4-2-11-10/h6-7H,2-5,8H2,1H3,(H,11,13). The minimum Gasteiger partial charge on any atom is -0.383 e. The van der Waals surface area contributed by atoms with Crippen LogP contribution in [0.2, 0.25) is 0 Å². The van der Waals surface area contributed by atoms with Crippen LogP contribution in [0, 0.1) is 0 Å². The molecule has 0 aliphatic carbocycles. The topological polar surface area (TPSA) is 60.7 Å². The Labute approximate surface area is 94.3 Å². The van der Waals surface area contributed by atoms with E-state index in [1.165, 1.54) is 0 Å². The molecule has 0 fully saturated rings. The van der Waals surface area contributed by atoms with Gasteiger partial charge in [0.25, 0.3) is 0 Å². The number of aliphatic imine (C=N–C) groups is 1. The SMILES string of the molecule is COCCn1cc(NC2=NCCOC2)cn1. The van der Waals surface area contributed by atoms with E-state index < -0.39 is 0 Å². The zero-order chi connectivity index (χ0) is 11.2. The molecule has 6 heteroatoms. The third kappa shape index (κ3) is 3.04. The summed E-state index contributed by atoms with van der Waals surface area (Å²) < 4.78 is 12.1. The van der Waals surface area contributed by atoms with Crippen molar-refractivity contribution in [3.8, 4) is 0 Å². The fourth-order valence-corrected chi connectivity index (χ4v) is 1.44. The molecule has 0 saturated heterocycles. The van der Waals surface area contributed by atoms with E-state index in [0.29, 0.717) is 19.8 Å². The molecule has 0 spiro atoms. The Bertz CT molecular complexity index is 361. The van der Waals surface area contributed by atoms with E-state index in [0.717, 1.165) is 24.6 Å². The van der Waals surface area contributed by atoms with E-state index in [-0.39, 0.29) is 0 Å². The predicted octanol–water partition coefficient (Wildman–Crippen LogP) is 0.370. The molecule has 16 heavy (non-hydrogen) atoms. The van der Waals surface area contributed by atoms with Crippen LogP contribution in [0.1, 0.15) is 0 Å². The largest absolute Gasteiger partial charge is 0.383 e. The third-order valence-corrected chi connectivity index (χ3v) is 2.22. The van der Waals surface area contributed by atoms with Crippen LogP contribution in [0.25, 0.3) is 0 Å². The first-order valence-corrected chi connectivity index (χ1v) is 5.28. The Kier molecular flexibility index (Phi) is 3.90. The predicted molar refractivity (Wildman–Crippen MR) is 60.8 cm³/mol. The average Bonchev–Trinajstić information content (AvgIpc) is 2.75. The van der Waals surface area contributed by atoms with E-state index >= 15 is 0 Å². The molecule has 0 amide bonds. The Morgan fingerprint density at radius 1 is 1.62 bits per heavy atom. The quantitative estimate of drug-likeness (QED) is 0.802. The normalized spacial score (nSPS) is 15.9. The molecular weight excluding hydrogens is 208 g/mol. The van der Waals surface area contributed by atoms with Crippen molar-refractivity contribution in [2.24, 2.45) is 4.99 Å². The lowest BCUT2D eigenvalue weighted by Gasteiger charge is -2.13. The number of methoxy groups -OCH3 is 1. The monoisotopic (exact) mass is 224 g/mol. The van der Waals surface area contributed by atoms with Gasteiger partial charge in [0.05, 0.1) is 38.2 Å². The van der Waals surface area contributed by atoms with E-state index in [1.807, 2.05) is 10.9 Å². The van der Waals surface area contributed by atoms with Crippen LogP contribution in [-0.2, 0) is 16.0 Å². The lowest BCUT2D eigenvalue weighted by Crippen LogP contribution is -2.24. The van der Waals surface area contributed by atoms with Crippen molar-refractivity contribution in [2.75, 3.05) is 38.8 Å². The number of aromatic nitrogens is 2. The van der Waals surface area contributed by atoms with Gasteiger partial charge < -0.3 is 14.8 Å². The maximum atomic E-state index is 5.29. The molecule has 1 aliphatic heterocycles. The zero-order valence-corrected chi connectivity index (χ0v) is 9.35. The maximum Gasteiger partial charge on any atom is 0.127 e. The molecule has 0 atom stereocenters. The van der Waals surface area contributed by atoms with Crippen molar-refractivity contribution in [1.82, 2.24) is 9.78 Å². The number of rotatable bonds is 4. The minimum atomic E-state index is 0.545. The van der Waals surface area contributed by atoms with Crippen LogP contribution in [-0.4, -0.2) is 49.1 Å². The molecule has 1 aromatic rings. The third-order valence-electron chi connectivity index (χ3n) is 2.22. The van der Waals surface area contributed by atoms with Crippen molar-refractivity contribution in [2.45, 2.75) is 6.54 Å². The van der Waals surface area contributed by atoms with Crippen LogP contribution < -0.4 is 5.32 Å². The van der Waals surface area contributed by atoms with Crippen molar-refractivity contribution >= 4 is 11.5 Å². The van der Waals surface area contributed by atoms with E-state index in [2.05, 4.69) is 15.4 Å². The second-order valence-corrected chi connectivity index (χ2v) is 3.49. The number of hydrogen-bond donors (Lipinski definition) is 1. The summed E-state index contributed by atoms with van der Waals surface area (Å²) in [6.07, 6.45) is 3.70. The lowest BCUT2D eigenvalue weighted by molar-refractivity contribution is 0.171. The number of ether oxygens (including phenoxy) is 2. The summed E-state index contributed by atoms with van der Waals surface area (Å²) in [6.45, 7) is 3.38. The number of anilines is 1. The Hall–Kier alpha value is -1.40. The van der Waals surface area contributed by atoms with Gasteiger partial charge in [-0.25, -0.2) is 0 Å². The molecule has 0 radical (unpaired) electrons. The van der Waals surface area contributed by atoms with E-state index in [4.69, 9.17) is 9.47 Å². The highest BCUT2D eigenvalue weighted by Gasteiger charge is 2.06. The fraction of sp³-hybridized carbons (Fsp3) is 0.600. The zero-order valence-electron chi connectivity index (χ0n) is 9.35. The van der Waals surface area contributed by atoms with Gasteiger partial charge in [-0.15, -0.1) is 0 Å². The van der Waals surface area contributed by atoms with Crippen LogP contribution >= 0.6 is 0 Å². The van der Waals surface area contributed by atoms with Crippen molar-refractivity contribution in [3.63, 3.8) is 0 Å². The van der Waals surface area contributed by atoms with Gasteiger partial charge in [0.1, 0.15) is 12.4 Å². The van der Waals surface area contributed by atoms with Gasteiger partial charge in [-0.2, -0.15) is 5.10 Å². The summed E-state index contributed by atoms with van der Waals surface area (Å²) >= 11 is 0. The summed E-state index contributed by atoms with van der Waals surface area (Å²) in [5, 5.41) is 7.38. The van der Waals surface area contributed by atoms with E-state index in [1.54, 1.807) is 13.3 Å². The van der Waals surface area contributed by atoms with Gasteiger partial charge in [0, 0.05) is 13.3 Å². The molecule has 88 valence electrons. The number of nitrogens with one attached hydrogen (secondary N) is 1. The first-order valence-electron chi connectivity index (χ1n) is 5.28. The summed E-state index contributed by atoms with van der Waals surface area (Å²) in [5.74, 6) is 0.859. The first-order chi connectivity index (χ1) is 7.88. The minimum absolute atomic E-state index is 0.545. The Morgan fingerprint density at radius 3 is 3.31 bits per heavy atom. The number of nitrogens with zero attached hydrogens (tertiary/aromatic N) is 3. The highest BCUT2D eigenvalue weighted by molar-refractivity contribution is 5.96. The number of hydrogen-bond acceptors (Lipinski definition) is 5. The van der Waals surface area contributed by atoms with Crippen molar-refractivity contribution < 1.29 is 9.47 Å². The molecule has 1 aromatic heterocycles. The van der Waals surface area contributed by atoms with Gasteiger partial charge in [-0.05, 0) is 0 Å². The molecule has 0 unspecified atom stereocenters. The Morgan fingerprint density at radius 2 is 2.56 bits per heavy atom. The lowest BCUT2D eigenvalue weighted by atomic mass is 10.4. The summed E-state index contributed by atoms with van der Waals surface area (Å²) in [5.41, 5.74) is 0.931. The molecule has 2 heterocycles. The molecule has 6 nitrogen and oxygen atoms in total. The second-order valence-electron chi connectivity index (χ2n) is 3.49. The summed E-state index contributed by atoms with van der Waals surface area (Å²) in [7, 11) is 1.68. The molecule has 0 aromatic carbocycles. The van der Waals surface area contributed by atoms with Gasteiger partial charge in [0.2, 0.25) is 0 Å². The Balaban J connectivity index is 1.89. The molecule has 0 saturated carbocycles. The first kappa shape index (κ1) is 11.1. The molecule has 0 bridgehead atoms. The summed E-state index contributed by atoms with van der Waals surface area (Å²) in [4.78, 5) is 4.31. The smallest absolute Gasteiger partial charge is 0.127 e. The van der Waals surface area contributed by atoms with Crippen LogP contribution in [0.3, 0.4) is 0 Å². The van der Waals surface area contributed by atoms with Gasteiger partial charge in [-0.1, -0.05) is 0 Å². The van der Waals surface area contributed by atoms with Gasteiger partial charge in [0.15, 0.2) is 0 Å². The highest BCUT2D eigenvalue weighted by Crippen LogP contribution is 2.06. The van der Waals surface area contributed by atoms with Gasteiger partial charge >= 0.3 is 0 Å². The van der Waals surface area contributed by atoms with Crippen molar-refractivity contribution in [3.05, 3.63) is 12.4 Å². The fourth-order valence-electron chi connectivity index (χ4n) is 1.44. The number of amidine groups is 1. The molecule has 1 aliphatic rings.